The van der Waals surface area contributed by atoms with Gasteiger partial charge in [-0.15, -0.1) is 0 Å². The zero-order valence-electron chi connectivity index (χ0n) is 11.9. The number of carboxylic acid groups (broad SMARTS) is 1. The van der Waals surface area contributed by atoms with Crippen molar-refractivity contribution in [3.05, 3.63) is 0 Å². The van der Waals surface area contributed by atoms with Gasteiger partial charge in [0.25, 0.3) is 0 Å². The third-order valence-corrected chi connectivity index (χ3v) is 2.75. The topological polar surface area (TPSA) is 69.6 Å². The standard InChI is InChI=1S/C13H26N2O3/c1-5-7-8-15(6-2)13(18)14-11(12(16)17)9-10(3)4/h10-11H,5-9H2,1-4H3,(H,14,18)(H,16,17)/t11-/m0/s1. The first-order valence-corrected chi connectivity index (χ1v) is 6.70. The largest absolute Gasteiger partial charge is 0.480 e. The molecule has 0 radical (unpaired) electrons. The number of aliphatic carboxylic acids is 1. The van der Waals surface area contributed by atoms with Crippen LogP contribution in [-0.4, -0.2) is 41.1 Å². The van der Waals surface area contributed by atoms with Crippen molar-refractivity contribution in [2.45, 2.75) is 53.0 Å². The van der Waals surface area contributed by atoms with E-state index in [4.69, 9.17) is 5.11 Å². The van der Waals surface area contributed by atoms with Gasteiger partial charge in [0, 0.05) is 13.1 Å². The number of nitrogens with one attached hydrogen (secondary N) is 1. The molecule has 0 aromatic carbocycles. The summed E-state index contributed by atoms with van der Waals surface area (Å²) in [6.45, 7) is 9.11. The number of rotatable bonds is 8. The van der Waals surface area contributed by atoms with Crippen molar-refractivity contribution in [3.8, 4) is 0 Å². The van der Waals surface area contributed by atoms with Crippen LogP contribution >= 0.6 is 0 Å². The average Bonchev–Trinajstić information content (AvgIpc) is 2.28. The fraction of sp³-hybridized carbons (Fsp3) is 0.846. The molecular formula is C13H26N2O3. The predicted molar refractivity (Wildman–Crippen MR) is 71.6 cm³/mol. The second-order valence-corrected chi connectivity index (χ2v) is 4.90. The minimum absolute atomic E-state index is 0.233. The highest BCUT2D eigenvalue weighted by molar-refractivity contribution is 5.82. The van der Waals surface area contributed by atoms with Crippen molar-refractivity contribution in [2.75, 3.05) is 13.1 Å². The molecule has 0 unspecified atom stereocenters. The van der Waals surface area contributed by atoms with Gasteiger partial charge in [-0.2, -0.15) is 0 Å². The summed E-state index contributed by atoms with van der Waals surface area (Å²) in [7, 11) is 0. The molecule has 18 heavy (non-hydrogen) atoms. The lowest BCUT2D eigenvalue weighted by atomic mass is 10.0. The second kappa shape index (κ2) is 8.78. The van der Waals surface area contributed by atoms with Gasteiger partial charge in [0.1, 0.15) is 6.04 Å². The molecule has 0 aromatic heterocycles. The lowest BCUT2D eigenvalue weighted by molar-refractivity contribution is -0.139. The lowest BCUT2D eigenvalue weighted by Crippen LogP contribution is -2.48. The number of carboxylic acids is 1. The SMILES string of the molecule is CCCCN(CC)C(=O)N[C@@H](CC(C)C)C(=O)O. The van der Waals surface area contributed by atoms with Crippen molar-refractivity contribution in [3.63, 3.8) is 0 Å². The van der Waals surface area contributed by atoms with E-state index in [1.54, 1.807) is 4.90 Å². The van der Waals surface area contributed by atoms with Crippen LogP contribution in [0.25, 0.3) is 0 Å². The quantitative estimate of drug-likeness (QED) is 0.702. The highest BCUT2D eigenvalue weighted by Crippen LogP contribution is 2.06. The van der Waals surface area contributed by atoms with E-state index in [2.05, 4.69) is 12.2 Å². The van der Waals surface area contributed by atoms with Gasteiger partial charge in [-0.3, -0.25) is 0 Å². The van der Waals surface area contributed by atoms with Crippen LogP contribution in [0.4, 0.5) is 4.79 Å². The van der Waals surface area contributed by atoms with E-state index in [-0.39, 0.29) is 11.9 Å². The molecule has 106 valence electrons. The maximum absolute atomic E-state index is 11.9. The third kappa shape index (κ3) is 6.47. The first-order chi connectivity index (χ1) is 8.42. The van der Waals surface area contributed by atoms with Crippen molar-refractivity contribution in [1.82, 2.24) is 10.2 Å². The first kappa shape index (κ1) is 16.7. The van der Waals surface area contributed by atoms with Crippen molar-refractivity contribution < 1.29 is 14.7 Å². The molecule has 0 heterocycles. The number of hydrogen-bond acceptors (Lipinski definition) is 2. The van der Waals surface area contributed by atoms with Gasteiger partial charge in [0.2, 0.25) is 0 Å². The van der Waals surface area contributed by atoms with E-state index >= 15 is 0 Å². The second-order valence-electron chi connectivity index (χ2n) is 4.90. The van der Waals surface area contributed by atoms with Crippen molar-refractivity contribution in [1.29, 1.82) is 0 Å². The Hall–Kier alpha value is -1.26. The van der Waals surface area contributed by atoms with Crippen LogP contribution < -0.4 is 5.32 Å². The van der Waals surface area contributed by atoms with E-state index in [1.807, 2.05) is 20.8 Å². The van der Waals surface area contributed by atoms with Crippen molar-refractivity contribution >= 4 is 12.0 Å². The molecule has 5 heteroatoms. The Morgan fingerprint density at radius 1 is 1.28 bits per heavy atom. The molecule has 1 atom stereocenters. The van der Waals surface area contributed by atoms with Crippen LogP contribution in [0, 0.1) is 5.92 Å². The normalized spacial score (nSPS) is 12.3. The van der Waals surface area contributed by atoms with Gasteiger partial charge in [-0.1, -0.05) is 27.2 Å². The minimum Gasteiger partial charge on any atom is -0.480 e. The Balaban J connectivity index is 4.41. The molecule has 0 rings (SSSR count). The Kier molecular flexibility index (Phi) is 8.16. The summed E-state index contributed by atoms with van der Waals surface area (Å²) in [6, 6.07) is -1.08. The van der Waals surface area contributed by atoms with E-state index in [9.17, 15) is 9.59 Å². The zero-order chi connectivity index (χ0) is 14.1. The average molecular weight is 258 g/mol. The first-order valence-electron chi connectivity index (χ1n) is 6.70. The maximum Gasteiger partial charge on any atom is 0.326 e. The lowest BCUT2D eigenvalue weighted by Gasteiger charge is -2.24. The Bertz CT molecular complexity index is 267. The number of urea groups is 1. The summed E-state index contributed by atoms with van der Waals surface area (Å²) in [6.07, 6.45) is 2.40. The van der Waals surface area contributed by atoms with Crippen molar-refractivity contribution in [2.24, 2.45) is 5.92 Å². The Morgan fingerprint density at radius 3 is 2.28 bits per heavy atom. The summed E-state index contributed by atoms with van der Waals surface area (Å²) in [5.74, 6) is -0.735. The highest BCUT2D eigenvalue weighted by Gasteiger charge is 2.23. The molecule has 0 aliphatic heterocycles. The summed E-state index contributed by atoms with van der Waals surface area (Å²) >= 11 is 0. The molecule has 0 aromatic rings. The molecule has 0 saturated heterocycles. The molecule has 0 fully saturated rings. The molecule has 0 aliphatic carbocycles. The Morgan fingerprint density at radius 2 is 1.89 bits per heavy atom. The van der Waals surface area contributed by atoms with Gasteiger partial charge in [0.05, 0.1) is 0 Å². The Labute approximate surface area is 110 Å². The molecule has 0 aliphatic rings. The summed E-state index contributed by atoms with van der Waals surface area (Å²) in [4.78, 5) is 24.6. The molecular weight excluding hydrogens is 232 g/mol. The van der Waals surface area contributed by atoms with E-state index < -0.39 is 12.0 Å². The third-order valence-electron chi connectivity index (χ3n) is 2.75. The molecule has 0 spiro atoms. The van der Waals surface area contributed by atoms with Crippen LogP contribution in [-0.2, 0) is 4.79 Å². The number of carbonyl (C=O) groups excluding carboxylic acids is 1. The summed E-state index contributed by atoms with van der Waals surface area (Å²) in [5, 5.41) is 11.7. The molecule has 2 N–H and O–H groups in total. The monoisotopic (exact) mass is 258 g/mol. The smallest absolute Gasteiger partial charge is 0.326 e. The van der Waals surface area contributed by atoms with Crippen LogP contribution in [0.5, 0.6) is 0 Å². The number of nitrogens with zero attached hydrogens (tertiary/aromatic N) is 1. The van der Waals surface area contributed by atoms with Gasteiger partial charge in [-0.25, -0.2) is 9.59 Å². The van der Waals surface area contributed by atoms with Crippen LogP contribution in [0.3, 0.4) is 0 Å². The number of hydrogen-bond donors (Lipinski definition) is 2. The number of unbranched alkanes of at least 4 members (excludes halogenated alkanes) is 1. The molecule has 0 saturated carbocycles. The van der Waals surface area contributed by atoms with E-state index in [1.165, 1.54) is 0 Å². The fourth-order valence-electron chi connectivity index (χ4n) is 1.69. The molecule has 2 amide bonds. The highest BCUT2D eigenvalue weighted by atomic mass is 16.4. The van der Waals surface area contributed by atoms with E-state index in [0.717, 1.165) is 12.8 Å². The van der Waals surface area contributed by atoms with E-state index in [0.29, 0.717) is 19.5 Å². The van der Waals surface area contributed by atoms with Gasteiger partial charge in [0.15, 0.2) is 0 Å². The van der Waals surface area contributed by atoms with Crippen LogP contribution in [0.15, 0.2) is 0 Å². The molecule has 0 bridgehead atoms. The zero-order valence-corrected chi connectivity index (χ0v) is 11.9. The summed E-state index contributed by atoms with van der Waals surface area (Å²) < 4.78 is 0. The van der Waals surface area contributed by atoms with Gasteiger partial charge in [-0.05, 0) is 25.7 Å². The fourth-order valence-corrected chi connectivity index (χ4v) is 1.69. The van der Waals surface area contributed by atoms with Crippen LogP contribution in [0.1, 0.15) is 47.0 Å². The summed E-state index contributed by atoms with van der Waals surface area (Å²) in [5.41, 5.74) is 0. The maximum atomic E-state index is 11.9. The van der Waals surface area contributed by atoms with Gasteiger partial charge < -0.3 is 15.3 Å². The molecule has 5 nitrogen and oxygen atoms in total. The predicted octanol–water partition coefficient (Wildman–Crippen LogP) is 2.32. The minimum atomic E-state index is -0.969. The number of amides is 2. The number of carbonyl (C=O) groups is 2. The van der Waals surface area contributed by atoms with Crippen LogP contribution in [0.2, 0.25) is 0 Å². The van der Waals surface area contributed by atoms with Gasteiger partial charge >= 0.3 is 12.0 Å².